The molecular weight excluding hydrogens is 423 g/mol. The summed E-state index contributed by atoms with van der Waals surface area (Å²) in [6, 6.07) is 12.5. The molecule has 0 unspecified atom stereocenters. The highest BCUT2D eigenvalue weighted by Crippen LogP contribution is 2.32. The van der Waals surface area contributed by atoms with E-state index >= 15 is 0 Å². The van der Waals surface area contributed by atoms with E-state index in [9.17, 15) is 13.2 Å². The number of ether oxygens (including phenoxy) is 1. The summed E-state index contributed by atoms with van der Waals surface area (Å²) in [5, 5.41) is 9.84. The largest absolute Gasteiger partial charge is 0.416 e. The van der Waals surface area contributed by atoms with Gasteiger partial charge in [0.25, 0.3) is 0 Å². The zero-order chi connectivity index (χ0) is 20.9. The molecule has 0 saturated heterocycles. The smallest absolute Gasteiger partial charge is 0.385 e. The number of alkyl halides is 3. The maximum Gasteiger partial charge on any atom is 0.416 e. The van der Waals surface area contributed by atoms with Crippen LogP contribution in [0.3, 0.4) is 0 Å². The van der Waals surface area contributed by atoms with Gasteiger partial charge in [-0.2, -0.15) is 13.2 Å². The molecule has 0 radical (unpaired) electrons. The van der Waals surface area contributed by atoms with E-state index in [4.69, 9.17) is 16.3 Å². The number of halogens is 4. The molecule has 29 heavy (non-hydrogen) atoms. The maximum absolute atomic E-state index is 12.7. The Kier molecular flexibility index (Phi) is 7.21. The monoisotopic (exact) mass is 441 g/mol. The van der Waals surface area contributed by atoms with Crippen molar-refractivity contribution in [2.75, 3.05) is 13.7 Å². The van der Waals surface area contributed by atoms with Gasteiger partial charge in [-0.25, -0.2) is 0 Å². The van der Waals surface area contributed by atoms with Crippen molar-refractivity contribution in [3.8, 4) is 11.4 Å². The molecule has 2 aromatic carbocycles. The molecule has 4 nitrogen and oxygen atoms in total. The average Bonchev–Trinajstić information content (AvgIpc) is 3.09. The van der Waals surface area contributed by atoms with E-state index in [1.54, 1.807) is 13.2 Å². The van der Waals surface area contributed by atoms with E-state index < -0.39 is 11.7 Å². The van der Waals surface area contributed by atoms with Crippen molar-refractivity contribution in [3.63, 3.8) is 0 Å². The Labute approximate surface area is 176 Å². The molecule has 0 saturated carbocycles. The molecular formula is C20H19ClF3N3OS. The minimum atomic E-state index is -4.34. The Morgan fingerprint density at radius 3 is 2.45 bits per heavy atom. The number of thioether (sulfide) groups is 1. The van der Waals surface area contributed by atoms with E-state index in [1.165, 1.54) is 23.9 Å². The summed E-state index contributed by atoms with van der Waals surface area (Å²) in [5.41, 5.74) is 0.893. The molecule has 0 aliphatic rings. The first-order chi connectivity index (χ1) is 13.9. The van der Waals surface area contributed by atoms with Crippen LogP contribution < -0.4 is 0 Å². The lowest BCUT2D eigenvalue weighted by Crippen LogP contribution is -2.06. The Morgan fingerprint density at radius 1 is 1.07 bits per heavy atom. The molecule has 0 fully saturated rings. The van der Waals surface area contributed by atoms with Gasteiger partial charge in [0.05, 0.1) is 10.6 Å². The fraction of sp³-hybridized carbons (Fsp3) is 0.300. The molecule has 0 atom stereocenters. The number of hydrogen-bond acceptors (Lipinski definition) is 4. The number of hydrogen-bond donors (Lipinski definition) is 0. The third-order valence-electron chi connectivity index (χ3n) is 4.21. The Bertz CT molecular complexity index is 945. The second-order valence-electron chi connectivity index (χ2n) is 6.27. The van der Waals surface area contributed by atoms with Gasteiger partial charge in [-0.15, -0.1) is 10.2 Å². The Morgan fingerprint density at radius 2 is 1.79 bits per heavy atom. The molecule has 1 heterocycles. The van der Waals surface area contributed by atoms with E-state index in [1.807, 2.05) is 22.8 Å². The van der Waals surface area contributed by atoms with Gasteiger partial charge in [0.2, 0.25) is 0 Å². The van der Waals surface area contributed by atoms with Gasteiger partial charge in [0.1, 0.15) is 0 Å². The van der Waals surface area contributed by atoms with E-state index in [-0.39, 0.29) is 0 Å². The van der Waals surface area contributed by atoms with E-state index in [2.05, 4.69) is 10.2 Å². The minimum absolute atomic E-state index is 0.475. The van der Waals surface area contributed by atoms with Gasteiger partial charge in [-0.3, -0.25) is 0 Å². The molecule has 0 aliphatic heterocycles. The summed E-state index contributed by atoms with van der Waals surface area (Å²) in [5.74, 6) is 1.13. The highest BCUT2D eigenvalue weighted by molar-refractivity contribution is 7.98. The standard InChI is InChI=1S/C20H19ClF3N3OS/c1-28-12-4-11-27-18(16-5-2-3-6-17(16)21)25-26-19(27)29-13-14-7-9-15(10-8-14)20(22,23)24/h2-3,5-10H,4,11-13H2,1H3. The van der Waals surface area contributed by atoms with Crippen LogP contribution in [0, 0.1) is 0 Å². The van der Waals surface area contributed by atoms with Crippen LogP contribution in [-0.2, 0) is 23.2 Å². The molecule has 0 spiro atoms. The summed E-state index contributed by atoms with van der Waals surface area (Å²) in [7, 11) is 1.64. The zero-order valence-electron chi connectivity index (χ0n) is 15.6. The van der Waals surface area contributed by atoms with Crippen molar-refractivity contribution in [2.24, 2.45) is 0 Å². The number of rotatable bonds is 8. The van der Waals surface area contributed by atoms with Crippen LogP contribution in [0.2, 0.25) is 5.02 Å². The summed E-state index contributed by atoms with van der Waals surface area (Å²) >= 11 is 7.74. The Balaban J connectivity index is 1.80. The number of aromatic nitrogens is 3. The van der Waals surface area contributed by atoms with Crippen molar-refractivity contribution in [3.05, 3.63) is 64.7 Å². The fourth-order valence-corrected chi connectivity index (χ4v) is 3.88. The third kappa shape index (κ3) is 5.52. The molecule has 0 aliphatic carbocycles. The van der Waals surface area contributed by atoms with Crippen LogP contribution in [0.15, 0.2) is 53.7 Å². The number of nitrogens with zero attached hydrogens (tertiary/aromatic N) is 3. The number of methoxy groups -OCH3 is 1. The highest BCUT2D eigenvalue weighted by atomic mass is 35.5. The molecule has 0 bridgehead atoms. The first kappa shape index (κ1) is 21.7. The summed E-state index contributed by atoms with van der Waals surface area (Å²) in [4.78, 5) is 0. The molecule has 1 aromatic heterocycles. The van der Waals surface area contributed by atoms with Crippen molar-refractivity contribution in [2.45, 2.75) is 30.1 Å². The lowest BCUT2D eigenvalue weighted by atomic mass is 10.1. The maximum atomic E-state index is 12.7. The summed E-state index contributed by atoms with van der Waals surface area (Å²) in [6.45, 7) is 1.22. The third-order valence-corrected chi connectivity index (χ3v) is 5.58. The van der Waals surface area contributed by atoms with Gasteiger partial charge in [0, 0.05) is 31.6 Å². The topological polar surface area (TPSA) is 39.9 Å². The predicted molar refractivity (Wildman–Crippen MR) is 108 cm³/mol. The highest BCUT2D eigenvalue weighted by Gasteiger charge is 2.29. The Hall–Kier alpha value is -2.03. The van der Waals surface area contributed by atoms with Crippen molar-refractivity contribution < 1.29 is 17.9 Å². The number of benzene rings is 2. The average molecular weight is 442 g/mol. The molecule has 0 amide bonds. The van der Waals surface area contributed by atoms with Gasteiger partial charge in [-0.05, 0) is 36.2 Å². The van der Waals surface area contributed by atoms with E-state index in [0.717, 1.165) is 29.7 Å². The molecule has 3 aromatic rings. The van der Waals surface area contributed by atoms with Crippen LogP contribution in [0.5, 0.6) is 0 Å². The van der Waals surface area contributed by atoms with E-state index in [0.29, 0.717) is 34.9 Å². The summed E-state index contributed by atoms with van der Waals surface area (Å²) < 4.78 is 45.3. The van der Waals surface area contributed by atoms with Gasteiger partial charge in [0.15, 0.2) is 11.0 Å². The van der Waals surface area contributed by atoms with Crippen LogP contribution in [-0.4, -0.2) is 28.5 Å². The van der Waals surface area contributed by atoms with Gasteiger partial charge >= 0.3 is 6.18 Å². The van der Waals surface area contributed by atoms with Crippen LogP contribution in [0.1, 0.15) is 17.5 Å². The zero-order valence-corrected chi connectivity index (χ0v) is 17.2. The van der Waals surface area contributed by atoms with Gasteiger partial charge in [-0.1, -0.05) is 47.6 Å². The molecule has 0 N–H and O–H groups in total. The quantitative estimate of drug-likeness (QED) is 0.320. The second kappa shape index (κ2) is 9.65. The second-order valence-corrected chi connectivity index (χ2v) is 7.62. The van der Waals surface area contributed by atoms with Crippen LogP contribution >= 0.6 is 23.4 Å². The summed E-state index contributed by atoms with van der Waals surface area (Å²) in [6.07, 6.45) is -3.57. The first-order valence-electron chi connectivity index (χ1n) is 8.86. The molecule has 154 valence electrons. The fourth-order valence-electron chi connectivity index (χ4n) is 2.74. The normalized spacial score (nSPS) is 11.8. The van der Waals surface area contributed by atoms with Crippen LogP contribution in [0.4, 0.5) is 13.2 Å². The van der Waals surface area contributed by atoms with Crippen molar-refractivity contribution in [1.82, 2.24) is 14.8 Å². The molecule has 9 heteroatoms. The van der Waals surface area contributed by atoms with Crippen molar-refractivity contribution >= 4 is 23.4 Å². The predicted octanol–water partition coefficient (Wildman–Crippen LogP) is 5.95. The lowest BCUT2D eigenvalue weighted by Gasteiger charge is -2.11. The molecule has 3 rings (SSSR count). The van der Waals surface area contributed by atoms with Crippen LogP contribution in [0.25, 0.3) is 11.4 Å². The van der Waals surface area contributed by atoms with Gasteiger partial charge < -0.3 is 9.30 Å². The first-order valence-corrected chi connectivity index (χ1v) is 10.2. The SMILES string of the molecule is COCCCn1c(SCc2ccc(C(F)(F)F)cc2)nnc1-c1ccccc1Cl. The van der Waals surface area contributed by atoms with Crippen molar-refractivity contribution in [1.29, 1.82) is 0 Å². The minimum Gasteiger partial charge on any atom is -0.385 e. The lowest BCUT2D eigenvalue weighted by molar-refractivity contribution is -0.137.